The third kappa shape index (κ3) is 1.90. The molecule has 1 aromatic rings. The Labute approximate surface area is 87.3 Å². The second-order valence-corrected chi connectivity index (χ2v) is 3.25. The van der Waals surface area contributed by atoms with Gasteiger partial charge in [-0.25, -0.2) is 4.98 Å². The Morgan fingerprint density at radius 3 is 2.93 bits per heavy atom. The van der Waals surface area contributed by atoms with Gasteiger partial charge >= 0.3 is 0 Å². The van der Waals surface area contributed by atoms with Crippen LogP contribution in [0.15, 0.2) is 12.4 Å². The van der Waals surface area contributed by atoms with Crippen molar-refractivity contribution in [1.82, 2.24) is 14.9 Å². The molecule has 1 unspecified atom stereocenters. The number of nitrogens with two attached hydrogens (primary N) is 1. The van der Waals surface area contributed by atoms with Gasteiger partial charge in [-0.2, -0.15) is 0 Å². The molecule has 1 amide bonds. The molecule has 0 spiro atoms. The van der Waals surface area contributed by atoms with Crippen LogP contribution >= 0.6 is 12.2 Å². The molecular weight excluding hydrogens is 200 g/mol. The number of rotatable bonds is 3. The molecule has 1 atom stereocenters. The van der Waals surface area contributed by atoms with Gasteiger partial charge in [0.25, 0.3) is 0 Å². The van der Waals surface area contributed by atoms with Crippen LogP contribution in [-0.4, -0.2) is 27.5 Å². The molecule has 0 radical (unpaired) electrons. The second-order valence-electron chi connectivity index (χ2n) is 2.81. The van der Waals surface area contributed by atoms with Crippen molar-refractivity contribution in [3.8, 4) is 0 Å². The maximum atomic E-state index is 11.3. The van der Waals surface area contributed by atoms with Crippen LogP contribution in [0.1, 0.15) is 18.8 Å². The number of carbonyl (C=O) groups excluding carboxylic acids is 1. The van der Waals surface area contributed by atoms with Gasteiger partial charge in [-0.1, -0.05) is 12.2 Å². The van der Waals surface area contributed by atoms with Gasteiger partial charge in [0.2, 0.25) is 5.91 Å². The van der Waals surface area contributed by atoms with Crippen molar-refractivity contribution in [2.45, 2.75) is 13.0 Å². The van der Waals surface area contributed by atoms with Gasteiger partial charge in [0.05, 0.1) is 0 Å². The summed E-state index contributed by atoms with van der Waals surface area (Å²) in [5.41, 5.74) is 5.45. The number of nitrogens with zero attached hydrogens (tertiary/aromatic N) is 2. The van der Waals surface area contributed by atoms with Gasteiger partial charge in [-0.15, -0.1) is 0 Å². The maximum Gasteiger partial charge on any atom is 0.242 e. The molecule has 5 nitrogen and oxygen atoms in total. The van der Waals surface area contributed by atoms with Gasteiger partial charge in [0, 0.05) is 19.4 Å². The van der Waals surface area contributed by atoms with Crippen LogP contribution in [0.4, 0.5) is 0 Å². The van der Waals surface area contributed by atoms with Crippen molar-refractivity contribution in [2.75, 3.05) is 7.05 Å². The molecule has 3 N–H and O–H groups in total. The highest BCUT2D eigenvalue weighted by Gasteiger charge is 2.17. The van der Waals surface area contributed by atoms with Gasteiger partial charge in [0.1, 0.15) is 11.0 Å². The Hall–Kier alpha value is -1.43. The zero-order chi connectivity index (χ0) is 10.7. The first kappa shape index (κ1) is 10.6. The fourth-order valence-corrected chi connectivity index (χ4v) is 1.31. The summed E-state index contributed by atoms with van der Waals surface area (Å²) < 4.78 is 1.64. The van der Waals surface area contributed by atoms with Crippen LogP contribution < -0.4 is 11.1 Å². The normalized spacial score (nSPS) is 12.1. The zero-order valence-electron chi connectivity index (χ0n) is 8.02. The lowest BCUT2D eigenvalue weighted by molar-refractivity contribution is -0.123. The first-order valence-electron chi connectivity index (χ1n) is 4.12. The summed E-state index contributed by atoms with van der Waals surface area (Å²) >= 11 is 4.81. The van der Waals surface area contributed by atoms with Crippen LogP contribution in [0.25, 0.3) is 0 Å². The third-order valence-corrected chi connectivity index (χ3v) is 2.11. The molecular formula is C8H12N4OS. The van der Waals surface area contributed by atoms with Crippen LogP contribution in [0.2, 0.25) is 0 Å². The Balaban J connectivity index is 3.00. The number of likely N-dealkylation sites (N-methyl/N-ethyl adjacent to an activating group) is 1. The lowest BCUT2D eigenvalue weighted by atomic mass is 10.3. The highest BCUT2D eigenvalue weighted by Crippen LogP contribution is 2.08. The van der Waals surface area contributed by atoms with E-state index in [4.69, 9.17) is 18.0 Å². The number of amides is 1. The molecule has 0 aliphatic heterocycles. The fourth-order valence-electron chi connectivity index (χ4n) is 1.15. The van der Waals surface area contributed by atoms with Gasteiger partial charge in [0.15, 0.2) is 5.82 Å². The SMILES string of the molecule is CNC(=O)C(C)n1ccnc1C(N)=S. The van der Waals surface area contributed by atoms with E-state index in [0.717, 1.165) is 0 Å². The summed E-state index contributed by atoms with van der Waals surface area (Å²) in [5, 5.41) is 2.55. The highest BCUT2D eigenvalue weighted by molar-refractivity contribution is 7.80. The van der Waals surface area contributed by atoms with Crippen LogP contribution in [-0.2, 0) is 4.79 Å². The molecule has 1 rings (SSSR count). The summed E-state index contributed by atoms with van der Waals surface area (Å²) in [6, 6.07) is -0.362. The molecule has 0 saturated heterocycles. The molecule has 0 saturated carbocycles. The van der Waals surface area contributed by atoms with E-state index in [0.29, 0.717) is 5.82 Å². The van der Waals surface area contributed by atoms with Gasteiger partial charge in [-0.05, 0) is 6.92 Å². The Morgan fingerprint density at radius 1 is 1.79 bits per heavy atom. The average molecular weight is 212 g/mol. The van der Waals surface area contributed by atoms with Gasteiger partial charge < -0.3 is 15.6 Å². The first-order chi connectivity index (χ1) is 6.57. The van der Waals surface area contributed by atoms with Crippen LogP contribution in [0.5, 0.6) is 0 Å². The predicted molar refractivity (Wildman–Crippen MR) is 56.9 cm³/mol. The summed E-state index contributed by atoms with van der Waals surface area (Å²) in [4.78, 5) is 15.5. The topological polar surface area (TPSA) is 72.9 Å². The number of hydrogen-bond acceptors (Lipinski definition) is 3. The minimum absolute atomic E-state index is 0.111. The van der Waals surface area contributed by atoms with E-state index in [1.807, 2.05) is 0 Å². The summed E-state index contributed by atoms with van der Waals surface area (Å²) in [6.07, 6.45) is 3.24. The molecule has 0 aliphatic rings. The van der Waals surface area contributed by atoms with Gasteiger partial charge in [-0.3, -0.25) is 4.79 Å². The number of thiocarbonyl (C=S) groups is 1. The van der Waals surface area contributed by atoms with E-state index in [1.54, 1.807) is 30.9 Å². The van der Waals surface area contributed by atoms with Crippen LogP contribution in [0.3, 0.4) is 0 Å². The van der Waals surface area contributed by atoms with Crippen molar-refractivity contribution in [3.63, 3.8) is 0 Å². The Kier molecular flexibility index (Phi) is 3.19. The summed E-state index contributed by atoms with van der Waals surface area (Å²) in [5.74, 6) is 0.344. The van der Waals surface area contributed by atoms with E-state index in [-0.39, 0.29) is 16.9 Å². The minimum atomic E-state index is -0.362. The third-order valence-electron chi connectivity index (χ3n) is 1.93. The Bertz CT molecular complexity index is 360. The number of nitrogens with one attached hydrogen (secondary N) is 1. The van der Waals surface area contributed by atoms with Crippen molar-refractivity contribution >= 4 is 23.1 Å². The monoisotopic (exact) mass is 212 g/mol. The number of aromatic nitrogens is 2. The number of carbonyl (C=O) groups is 1. The summed E-state index contributed by atoms with van der Waals surface area (Å²) in [6.45, 7) is 1.75. The van der Waals surface area contributed by atoms with Crippen molar-refractivity contribution in [2.24, 2.45) is 5.73 Å². The molecule has 14 heavy (non-hydrogen) atoms. The van der Waals surface area contributed by atoms with Crippen LogP contribution in [0, 0.1) is 0 Å². The van der Waals surface area contributed by atoms with E-state index in [2.05, 4.69) is 10.3 Å². The molecule has 0 aromatic carbocycles. The number of hydrogen-bond donors (Lipinski definition) is 2. The van der Waals surface area contributed by atoms with Crippen molar-refractivity contribution in [3.05, 3.63) is 18.2 Å². The molecule has 0 fully saturated rings. The molecule has 0 bridgehead atoms. The van der Waals surface area contributed by atoms with Crippen molar-refractivity contribution in [1.29, 1.82) is 0 Å². The van der Waals surface area contributed by atoms with E-state index >= 15 is 0 Å². The number of imidazole rings is 1. The zero-order valence-corrected chi connectivity index (χ0v) is 8.84. The van der Waals surface area contributed by atoms with E-state index < -0.39 is 0 Å². The average Bonchev–Trinajstić information content (AvgIpc) is 2.63. The van der Waals surface area contributed by atoms with E-state index in [1.165, 1.54) is 0 Å². The molecule has 76 valence electrons. The maximum absolute atomic E-state index is 11.3. The lowest BCUT2D eigenvalue weighted by Crippen LogP contribution is -2.30. The fraction of sp³-hybridized carbons (Fsp3) is 0.375. The quantitative estimate of drug-likeness (QED) is 0.682. The second kappa shape index (κ2) is 4.19. The Morgan fingerprint density at radius 2 is 2.43 bits per heavy atom. The predicted octanol–water partition coefficient (Wildman–Crippen LogP) is -0.176. The first-order valence-corrected chi connectivity index (χ1v) is 4.53. The standard InChI is InChI=1S/C8H12N4OS/c1-5(8(13)10-2)12-4-3-11-7(12)6(9)14/h3-5H,1-2H3,(H2,9,14)(H,10,13). The smallest absolute Gasteiger partial charge is 0.242 e. The van der Waals surface area contributed by atoms with Crippen molar-refractivity contribution < 1.29 is 4.79 Å². The summed E-state index contributed by atoms with van der Waals surface area (Å²) in [7, 11) is 1.58. The largest absolute Gasteiger partial charge is 0.387 e. The molecule has 1 heterocycles. The molecule has 0 aliphatic carbocycles. The molecule has 6 heteroatoms. The minimum Gasteiger partial charge on any atom is -0.387 e. The lowest BCUT2D eigenvalue weighted by Gasteiger charge is -2.13. The van der Waals surface area contributed by atoms with E-state index in [9.17, 15) is 4.79 Å². The molecule has 1 aromatic heterocycles. The highest BCUT2D eigenvalue weighted by atomic mass is 32.1.